The lowest BCUT2D eigenvalue weighted by Gasteiger charge is -2.33. The fourth-order valence-electron chi connectivity index (χ4n) is 4.51. The van der Waals surface area contributed by atoms with Gasteiger partial charge < -0.3 is 10.6 Å². The number of likely N-dealkylation sites (N-methyl/N-ethyl adjacent to an activating group) is 1. The predicted molar refractivity (Wildman–Crippen MR) is 117 cm³/mol. The lowest BCUT2D eigenvalue weighted by Crippen LogP contribution is -2.49. The number of carbonyl (C=O) groups excluding carboxylic acids is 2. The number of hydrogen-bond acceptors (Lipinski definition) is 6. The van der Waals surface area contributed by atoms with Gasteiger partial charge in [-0.15, -0.1) is 11.3 Å². The average molecular weight is 428 g/mol. The first-order valence-electron chi connectivity index (χ1n) is 10.5. The fraction of sp³-hybridized carbons (Fsp3) is 0.500. The zero-order chi connectivity index (χ0) is 20.9. The number of carbonyl (C=O) groups is 2. The lowest BCUT2D eigenvalue weighted by atomic mass is 10.0. The lowest BCUT2D eigenvalue weighted by molar-refractivity contribution is -0.126. The molecule has 7 nitrogen and oxygen atoms in total. The van der Waals surface area contributed by atoms with Gasteiger partial charge in [-0.05, 0) is 43.5 Å². The summed E-state index contributed by atoms with van der Waals surface area (Å²) in [5.74, 6) is 0.150. The van der Waals surface area contributed by atoms with Crippen molar-refractivity contribution in [3.63, 3.8) is 0 Å². The molecule has 160 valence electrons. The van der Waals surface area contributed by atoms with E-state index in [2.05, 4.69) is 32.5 Å². The molecule has 0 aliphatic carbocycles. The van der Waals surface area contributed by atoms with Crippen LogP contribution in [0.15, 0.2) is 41.9 Å². The molecule has 30 heavy (non-hydrogen) atoms. The average Bonchev–Trinajstić information content (AvgIpc) is 3.40. The number of fused-ring (bicyclic) bond motifs is 1. The number of likely N-dealkylation sites (tertiary alicyclic amines) is 1. The van der Waals surface area contributed by atoms with Crippen LogP contribution in [-0.2, 0) is 22.7 Å². The molecule has 2 amide bonds. The van der Waals surface area contributed by atoms with Crippen LogP contribution >= 0.6 is 11.3 Å². The quantitative estimate of drug-likeness (QED) is 0.702. The highest BCUT2D eigenvalue weighted by Gasteiger charge is 2.44. The second-order valence-corrected chi connectivity index (χ2v) is 9.08. The Morgan fingerprint density at radius 1 is 1.33 bits per heavy atom. The van der Waals surface area contributed by atoms with Gasteiger partial charge in [0, 0.05) is 49.2 Å². The van der Waals surface area contributed by atoms with E-state index in [1.807, 2.05) is 35.7 Å². The normalized spacial score (nSPS) is 24.8. The number of hydrogen-bond donors (Lipinski definition) is 2. The number of nitrogens with one attached hydrogen (secondary N) is 2. The summed E-state index contributed by atoms with van der Waals surface area (Å²) in [5.41, 5.74) is 0.983. The minimum absolute atomic E-state index is 0.0622. The second kappa shape index (κ2) is 9.68. The van der Waals surface area contributed by atoms with Gasteiger partial charge in [-0.2, -0.15) is 0 Å². The molecule has 2 saturated heterocycles. The smallest absolute Gasteiger partial charge is 0.239 e. The molecule has 4 rings (SSSR count). The Morgan fingerprint density at radius 2 is 2.23 bits per heavy atom. The van der Waals surface area contributed by atoms with Crippen LogP contribution in [0.4, 0.5) is 0 Å². The minimum Gasteiger partial charge on any atom is -0.353 e. The summed E-state index contributed by atoms with van der Waals surface area (Å²) in [6.07, 6.45) is 3.94. The number of nitrogens with zero attached hydrogens (tertiary/aromatic N) is 3. The summed E-state index contributed by atoms with van der Waals surface area (Å²) >= 11 is 1.65. The topological polar surface area (TPSA) is 77.6 Å². The van der Waals surface area contributed by atoms with Crippen LogP contribution in [0.5, 0.6) is 0 Å². The Balaban J connectivity index is 1.33. The third-order valence-corrected chi connectivity index (χ3v) is 7.06. The SMILES string of the molecule is CN1[C@@H](CCC(=O)NCc2cccs2)CNC(=O)[C@@H]2[C@@H]1CCN2Cc1ccccn1. The molecule has 0 bridgehead atoms. The van der Waals surface area contributed by atoms with E-state index in [0.29, 0.717) is 26.1 Å². The van der Waals surface area contributed by atoms with Crippen molar-refractivity contribution in [3.05, 3.63) is 52.5 Å². The monoisotopic (exact) mass is 427 g/mol. The van der Waals surface area contributed by atoms with Gasteiger partial charge in [-0.25, -0.2) is 0 Å². The predicted octanol–water partition coefficient (Wildman–Crippen LogP) is 1.61. The molecule has 0 radical (unpaired) electrons. The number of aromatic nitrogens is 1. The van der Waals surface area contributed by atoms with Gasteiger partial charge >= 0.3 is 0 Å². The Bertz CT molecular complexity index is 844. The summed E-state index contributed by atoms with van der Waals surface area (Å²) in [7, 11) is 2.09. The van der Waals surface area contributed by atoms with Crippen molar-refractivity contribution in [2.75, 3.05) is 20.1 Å². The Kier molecular flexibility index (Phi) is 6.76. The molecule has 0 saturated carbocycles. The van der Waals surface area contributed by atoms with Crippen molar-refractivity contribution in [2.45, 2.75) is 50.5 Å². The molecular weight excluding hydrogens is 398 g/mol. The van der Waals surface area contributed by atoms with E-state index in [-0.39, 0.29) is 29.9 Å². The van der Waals surface area contributed by atoms with Gasteiger partial charge in [-0.1, -0.05) is 12.1 Å². The van der Waals surface area contributed by atoms with E-state index in [0.717, 1.165) is 30.0 Å². The fourth-order valence-corrected chi connectivity index (χ4v) is 5.16. The minimum atomic E-state index is -0.172. The van der Waals surface area contributed by atoms with Gasteiger partial charge in [0.05, 0.1) is 12.2 Å². The highest BCUT2D eigenvalue weighted by Crippen LogP contribution is 2.28. The molecule has 2 aromatic rings. The van der Waals surface area contributed by atoms with Crippen LogP contribution in [-0.4, -0.2) is 64.9 Å². The Hall–Kier alpha value is -2.29. The maximum Gasteiger partial charge on any atom is 0.239 e. The van der Waals surface area contributed by atoms with Gasteiger partial charge in [-0.3, -0.25) is 24.4 Å². The molecule has 0 spiro atoms. The third-order valence-electron chi connectivity index (χ3n) is 6.19. The molecule has 0 unspecified atom stereocenters. The van der Waals surface area contributed by atoms with Gasteiger partial charge in [0.2, 0.25) is 11.8 Å². The first-order valence-corrected chi connectivity index (χ1v) is 11.4. The van der Waals surface area contributed by atoms with Crippen LogP contribution in [0.1, 0.15) is 29.8 Å². The third kappa shape index (κ3) is 4.88. The van der Waals surface area contributed by atoms with Crippen LogP contribution in [0.2, 0.25) is 0 Å². The molecule has 4 heterocycles. The Labute approximate surface area is 181 Å². The molecule has 3 atom stereocenters. The first-order chi connectivity index (χ1) is 14.6. The van der Waals surface area contributed by atoms with Gasteiger partial charge in [0.25, 0.3) is 0 Å². The van der Waals surface area contributed by atoms with Gasteiger partial charge in [0.1, 0.15) is 6.04 Å². The number of amides is 2. The van der Waals surface area contributed by atoms with Crippen LogP contribution in [0, 0.1) is 0 Å². The second-order valence-electron chi connectivity index (χ2n) is 8.05. The van der Waals surface area contributed by atoms with E-state index >= 15 is 0 Å². The number of thiophene rings is 1. The van der Waals surface area contributed by atoms with Crippen molar-refractivity contribution >= 4 is 23.2 Å². The highest BCUT2D eigenvalue weighted by atomic mass is 32.1. The van der Waals surface area contributed by atoms with E-state index in [1.54, 1.807) is 17.5 Å². The molecular formula is C22H29N5O2S. The van der Waals surface area contributed by atoms with Crippen LogP contribution in [0.3, 0.4) is 0 Å². The number of pyridine rings is 1. The molecule has 2 N–H and O–H groups in total. The molecule has 2 aliphatic rings. The van der Waals surface area contributed by atoms with Crippen molar-refractivity contribution in [3.8, 4) is 0 Å². The zero-order valence-electron chi connectivity index (χ0n) is 17.3. The van der Waals surface area contributed by atoms with Gasteiger partial charge in [0.15, 0.2) is 0 Å². The molecule has 2 aliphatic heterocycles. The molecule has 2 aromatic heterocycles. The van der Waals surface area contributed by atoms with E-state index in [1.165, 1.54) is 0 Å². The van der Waals surface area contributed by atoms with E-state index in [9.17, 15) is 9.59 Å². The maximum absolute atomic E-state index is 12.9. The summed E-state index contributed by atoms with van der Waals surface area (Å²) in [6.45, 7) is 2.72. The molecule has 0 aromatic carbocycles. The molecule has 8 heteroatoms. The van der Waals surface area contributed by atoms with Crippen molar-refractivity contribution in [1.29, 1.82) is 0 Å². The van der Waals surface area contributed by atoms with Crippen molar-refractivity contribution < 1.29 is 9.59 Å². The Morgan fingerprint density at radius 3 is 3.00 bits per heavy atom. The zero-order valence-corrected chi connectivity index (χ0v) is 18.1. The summed E-state index contributed by atoms with van der Waals surface area (Å²) in [4.78, 5) is 35.3. The molecule has 2 fully saturated rings. The van der Waals surface area contributed by atoms with E-state index < -0.39 is 0 Å². The first kappa shape index (κ1) is 21.0. The maximum atomic E-state index is 12.9. The standard InChI is InChI=1S/C22H29N5O2S/c1-26-17(7-8-20(28)24-14-18-6-4-12-30-18)13-25-22(29)21-19(26)9-11-27(21)15-16-5-2-3-10-23-16/h2-6,10,12,17,19,21H,7-9,11,13-15H2,1H3,(H,24,28)(H,25,29)/t17-,19-,21-/m0/s1. The largest absolute Gasteiger partial charge is 0.353 e. The summed E-state index contributed by atoms with van der Waals surface area (Å²) in [6, 6.07) is 10.1. The summed E-state index contributed by atoms with van der Waals surface area (Å²) in [5, 5.41) is 8.13. The van der Waals surface area contributed by atoms with Crippen molar-refractivity contribution in [2.24, 2.45) is 0 Å². The number of rotatable bonds is 7. The van der Waals surface area contributed by atoms with E-state index in [4.69, 9.17) is 0 Å². The summed E-state index contributed by atoms with van der Waals surface area (Å²) < 4.78 is 0. The van der Waals surface area contributed by atoms with Crippen LogP contribution < -0.4 is 10.6 Å². The van der Waals surface area contributed by atoms with Crippen molar-refractivity contribution in [1.82, 2.24) is 25.4 Å². The highest BCUT2D eigenvalue weighted by molar-refractivity contribution is 7.09. The van der Waals surface area contributed by atoms with Crippen LogP contribution in [0.25, 0.3) is 0 Å².